The summed E-state index contributed by atoms with van der Waals surface area (Å²) < 4.78 is 15.3. The van der Waals surface area contributed by atoms with Crippen LogP contribution in [0.1, 0.15) is 41.5 Å². The highest BCUT2D eigenvalue weighted by molar-refractivity contribution is 9.10. The summed E-state index contributed by atoms with van der Waals surface area (Å²) in [7, 11) is 0. The fourth-order valence-electron chi connectivity index (χ4n) is 5.61. The molecule has 5 rings (SSSR count). The van der Waals surface area contributed by atoms with Crippen LogP contribution in [0.4, 0.5) is 14.0 Å². The van der Waals surface area contributed by atoms with Crippen LogP contribution in [0.3, 0.4) is 0 Å². The predicted octanol–water partition coefficient (Wildman–Crippen LogP) is 6.63. The quantitative estimate of drug-likeness (QED) is 0.377. The molecule has 1 atom stereocenters. The van der Waals surface area contributed by atoms with Crippen molar-refractivity contribution in [2.75, 3.05) is 6.54 Å². The van der Waals surface area contributed by atoms with Crippen LogP contribution in [-0.4, -0.2) is 44.1 Å². The highest BCUT2D eigenvalue weighted by Gasteiger charge is 2.50. The lowest BCUT2D eigenvalue weighted by atomic mass is 9.87. The molecule has 6 nitrogen and oxygen atoms in total. The van der Waals surface area contributed by atoms with Gasteiger partial charge in [0.1, 0.15) is 11.5 Å². The molecule has 3 amide bonds. The minimum absolute atomic E-state index is 0.138. The molecular formula is C29H29BrFN3O3. The lowest BCUT2D eigenvalue weighted by Crippen LogP contribution is -2.67. The molecule has 1 unspecified atom stereocenters. The van der Waals surface area contributed by atoms with Crippen molar-refractivity contribution in [2.45, 2.75) is 51.0 Å². The zero-order valence-electron chi connectivity index (χ0n) is 20.4. The topological polar surface area (TPSA) is 64.1 Å². The van der Waals surface area contributed by atoms with Crippen molar-refractivity contribution < 1.29 is 19.1 Å². The molecule has 0 aliphatic carbocycles. The summed E-state index contributed by atoms with van der Waals surface area (Å²) in [6, 6.07) is 21.9. The molecule has 1 N–H and O–H groups in total. The van der Waals surface area contributed by atoms with Gasteiger partial charge in [0.15, 0.2) is 0 Å². The van der Waals surface area contributed by atoms with E-state index in [0.717, 1.165) is 34.0 Å². The van der Waals surface area contributed by atoms with Crippen molar-refractivity contribution >= 4 is 28.1 Å². The molecule has 8 heteroatoms. The van der Waals surface area contributed by atoms with Gasteiger partial charge in [-0.2, -0.15) is 0 Å². The van der Waals surface area contributed by atoms with Gasteiger partial charge in [0.05, 0.1) is 6.54 Å². The maximum Gasteiger partial charge on any atom is 0.409 e. The highest BCUT2D eigenvalue weighted by Crippen LogP contribution is 2.39. The van der Waals surface area contributed by atoms with Crippen LogP contribution in [0.2, 0.25) is 0 Å². The van der Waals surface area contributed by atoms with Crippen molar-refractivity contribution in [1.29, 1.82) is 0 Å². The van der Waals surface area contributed by atoms with Crippen LogP contribution in [0.15, 0.2) is 77.3 Å². The van der Waals surface area contributed by atoms with E-state index in [-0.39, 0.29) is 18.4 Å². The molecule has 0 aromatic heterocycles. The Balaban J connectivity index is 1.62. The second-order valence-electron chi connectivity index (χ2n) is 9.80. The Morgan fingerprint density at radius 3 is 2.43 bits per heavy atom. The molecule has 1 saturated heterocycles. The van der Waals surface area contributed by atoms with Crippen molar-refractivity contribution in [3.63, 3.8) is 0 Å². The number of amides is 3. The Kier molecular flexibility index (Phi) is 7.20. The summed E-state index contributed by atoms with van der Waals surface area (Å²) >= 11 is 3.46. The van der Waals surface area contributed by atoms with Crippen LogP contribution in [-0.2, 0) is 26.1 Å². The average molecular weight is 566 g/mol. The molecule has 0 spiro atoms. The Hall–Kier alpha value is -3.39. The van der Waals surface area contributed by atoms with Crippen molar-refractivity contribution in [2.24, 2.45) is 0 Å². The van der Waals surface area contributed by atoms with Crippen molar-refractivity contribution in [3.8, 4) is 0 Å². The number of hydrogen-bond donors (Lipinski definition) is 1. The maximum atomic E-state index is 14.4. The van der Waals surface area contributed by atoms with E-state index in [4.69, 9.17) is 0 Å². The summed E-state index contributed by atoms with van der Waals surface area (Å²) in [5.74, 6) is -0.372. The van der Waals surface area contributed by atoms with Crippen LogP contribution >= 0.6 is 15.9 Å². The fourth-order valence-corrected chi connectivity index (χ4v) is 5.88. The molecule has 3 aromatic rings. The van der Waals surface area contributed by atoms with Gasteiger partial charge in [-0.25, -0.2) is 14.0 Å². The molecule has 2 aliphatic rings. The molecule has 0 bridgehead atoms. The van der Waals surface area contributed by atoms with Gasteiger partial charge in [0, 0.05) is 30.5 Å². The Bertz CT molecular complexity index is 1290. The van der Waals surface area contributed by atoms with Crippen LogP contribution in [0, 0.1) is 5.82 Å². The number of benzene rings is 3. The van der Waals surface area contributed by atoms with Crippen LogP contribution < -0.4 is 0 Å². The van der Waals surface area contributed by atoms with Gasteiger partial charge in [0.25, 0.3) is 0 Å². The van der Waals surface area contributed by atoms with E-state index in [1.165, 1.54) is 17.0 Å². The molecular weight excluding hydrogens is 537 g/mol. The Morgan fingerprint density at radius 1 is 0.946 bits per heavy atom. The molecule has 0 saturated carbocycles. The number of piperidine rings is 1. The van der Waals surface area contributed by atoms with Gasteiger partial charge in [-0.3, -0.25) is 9.80 Å². The molecule has 3 aromatic carbocycles. The molecule has 1 fully saturated rings. The first kappa shape index (κ1) is 25.3. The van der Waals surface area contributed by atoms with Gasteiger partial charge in [0.2, 0.25) is 0 Å². The van der Waals surface area contributed by atoms with Gasteiger partial charge >= 0.3 is 12.1 Å². The average Bonchev–Trinajstić information content (AvgIpc) is 3.02. The summed E-state index contributed by atoms with van der Waals surface area (Å²) in [6.45, 7) is 1.15. The summed E-state index contributed by atoms with van der Waals surface area (Å²) in [6.07, 6.45) is 1.35. The first-order chi connectivity index (χ1) is 17.9. The zero-order valence-corrected chi connectivity index (χ0v) is 22.0. The van der Waals surface area contributed by atoms with E-state index in [2.05, 4.69) is 15.9 Å². The van der Waals surface area contributed by atoms with Gasteiger partial charge in [-0.1, -0.05) is 64.5 Å². The van der Waals surface area contributed by atoms with Crippen molar-refractivity contribution in [3.05, 3.63) is 105 Å². The smallest absolute Gasteiger partial charge is 0.409 e. The summed E-state index contributed by atoms with van der Waals surface area (Å²) in [4.78, 5) is 31.8. The molecule has 37 heavy (non-hydrogen) atoms. The molecule has 192 valence electrons. The lowest BCUT2D eigenvalue weighted by molar-refractivity contribution is -0.0558. The molecule has 2 heterocycles. The number of carbonyl (C=O) groups is 2. The number of halogens is 2. The SMILES string of the molecule is O=C(O)N1CCCCC1(Cc1ccccc1)N1Cc2cc(F)ccc2CN(Cc2ccc(Br)cc2)C1=O. The second kappa shape index (κ2) is 10.5. The van der Waals surface area contributed by atoms with E-state index in [0.29, 0.717) is 38.0 Å². The zero-order chi connectivity index (χ0) is 26.0. The Labute approximate surface area is 224 Å². The standard InChI is InChI=1S/C29H29BrFN3O3/c30-25-11-8-22(9-12-25)18-32-19-23-10-13-26(31)16-24(23)20-34(27(32)35)29(17-21-6-2-1-3-7-21)14-4-5-15-33(29)28(36)37/h1-3,6-13,16H,4-5,14-15,17-20H2,(H,36,37). The third kappa shape index (κ3) is 5.21. The Morgan fingerprint density at radius 2 is 1.70 bits per heavy atom. The number of rotatable bonds is 5. The van der Waals surface area contributed by atoms with E-state index in [1.807, 2.05) is 54.6 Å². The van der Waals surface area contributed by atoms with Gasteiger partial charge in [-0.05, 0) is 65.8 Å². The summed E-state index contributed by atoms with van der Waals surface area (Å²) in [5, 5.41) is 10.3. The van der Waals surface area contributed by atoms with Crippen LogP contribution in [0.25, 0.3) is 0 Å². The number of urea groups is 1. The first-order valence-electron chi connectivity index (χ1n) is 12.5. The van der Waals surface area contributed by atoms with Crippen LogP contribution in [0.5, 0.6) is 0 Å². The second-order valence-corrected chi connectivity index (χ2v) is 10.7. The monoisotopic (exact) mass is 565 g/mol. The minimum atomic E-state index is -1.09. The highest BCUT2D eigenvalue weighted by atomic mass is 79.9. The van der Waals surface area contributed by atoms with E-state index < -0.39 is 11.8 Å². The van der Waals surface area contributed by atoms with E-state index >= 15 is 0 Å². The lowest BCUT2D eigenvalue weighted by Gasteiger charge is -2.52. The van der Waals surface area contributed by atoms with E-state index in [9.17, 15) is 19.1 Å². The number of fused-ring (bicyclic) bond motifs is 1. The van der Waals surface area contributed by atoms with Gasteiger partial charge < -0.3 is 10.0 Å². The maximum absolute atomic E-state index is 14.4. The summed E-state index contributed by atoms with van der Waals surface area (Å²) in [5.41, 5.74) is 2.38. The fraction of sp³-hybridized carbons (Fsp3) is 0.310. The predicted molar refractivity (Wildman–Crippen MR) is 142 cm³/mol. The number of nitrogens with zero attached hydrogens (tertiary/aromatic N) is 3. The third-order valence-electron chi connectivity index (χ3n) is 7.42. The number of hydrogen-bond acceptors (Lipinski definition) is 2. The van der Waals surface area contributed by atoms with E-state index in [1.54, 1.807) is 15.9 Å². The largest absolute Gasteiger partial charge is 0.465 e. The minimum Gasteiger partial charge on any atom is -0.465 e. The number of carboxylic acid groups (broad SMARTS) is 1. The first-order valence-corrected chi connectivity index (χ1v) is 13.3. The normalized spacial score (nSPS) is 19.9. The number of likely N-dealkylation sites (tertiary alicyclic amines) is 1. The van der Waals surface area contributed by atoms with Gasteiger partial charge in [-0.15, -0.1) is 0 Å². The third-order valence-corrected chi connectivity index (χ3v) is 7.95. The number of carbonyl (C=O) groups excluding carboxylic acids is 1. The molecule has 2 aliphatic heterocycles. The molecule has 0 radical (unpaired) electrons. The van der Waals surface area contributed by atoms with Crippen molar-refractivity contribution in [1.82, 2.24) is 14.7 Å².